The van der Waals surface area contributed by atoms with Crippen LogP contribution >= 0.6 is 102 Å². The van der Waals surface area contributed by atoms with Gasteiger partial charge in [-0.05, 0) is 91.2 Å². The maximum absolute atomic E-state index is 9.81. The predicted molar refractivity (Wildman–Crippen MR) is 412 cm³/mol. The Labute approximate surface area is 543 Å². The lowest BCUT2D eigenvalue weighted by Gasteiger charge is -2.48. The molecule has 0 aromatic heterocycles. The zero-order valence-electron chi connectivity index (χ0n) is 47.7. The lowest BCUT2D eigenvalue weighted by molar-refractivity contribution is 1.73. The summed E-state index contributed by atoms with van der Waals surface area (Å²) in [6.45, 7) is -12.9. The highest BCUT2D eigenvalue weighted by Gasteiger charge is 2.54. The van der Waals surface area contributed by atoms with Gasteiger partial charge in [0.15, 0.2) is 0 Å². The van der Waals surface area contributed by atoms with Gasteiger partial charge in [0.2, 0.25) is 0 Å². The summed E-state index contributed by atoms with van der Waals surface area (Å²) in [5.41, 5.74) is 0. The lowest BCUT2D eigenvalue weighted by Crippen LogP contribution is -2.36. The van der Waals surface area contributed by atoms with Crippen molar-refractivity contribution in [2.75, 3.05) is 0 Å². The minimum Gasteiger partial charge on any atom is -0.0855 e. The maximum Gasteiger partial charge on any atom is 0.0585 e. The number of hydrogen-bond donors (Lipinski definition) is 0. The van der Waals surface area contributed by atoms with Crippen LogP contribution in [0.1, 0.15) is 0 Å². The van der Waals surface area contributed by atoms with E-state index < -0.39 is 56.6 Å². The second-order valence-electron chi connectivity index (χ2n) is 21.0. The molecule has 1 fully saturated rings. The van der Waals surface area contributed by atoms with Crippen LogP contribution in [0.4, 0.5) is 0 Å². The molecule has 1 heterocycles. The summed E-state index contributed by atoms with van der Waals surface area (Å²) in [6.07, 6.45) is 0. The minimum absolute atomic E-state index is 1.12. The Bertz CT molecular complexity index is 3530. The van der Waals surface area contributed by atoms with Gasteiger partial charge in [-0.1, -0.05) is 409 Å². The molecule has 12 aromatic rings. The summed E-state index contributed by atoms with van der Waals surface area (Å²) in [4.78, 5) is 0. The fourth-order valence-electron chi connectivity index (χ4n) is 12.7. The predicted octanol–water partition coefficient (Wildman–Crippen LogP) is 18.9. The van der Waals surface area contributed by atoms with Crippen LogP contribution in [0.5, 0.6) is 0 Å². The molecule has 0 saturated carbocycles. The summed E-state index contributed by atoms with van der Waals surface area (Å²) >= 11 is 39.2. The molecule has 0 nitrogen and oxygen atoms in total. The zero-order valence-corrected chi connectivity index (χ0v) is 57.9. The molecule has 0 radical (unpaired) electrons. The zero-order chi connectivity index (χ0) is 60.0. The van der Waals surface area contributed by atoms with Gasteiger partial charge in [0.05, 0.1) is 29.1 Å². The van der Waals surface area contributed by atoms with Crippen molar-refractivity contribution in [2.45, 2.75) is 0 Å². The van der Waals surface area contributed by atoms with E-state index in [4.69, 9.17) is 0 Å². The number of benzene rings is 12. The molecule has 88 heavy (non-hydrogen) atoms. The third kappa shape index (κ3) is 10.7. The molecule has 0 unspecified atom stereocenters. The lowest BCUT2D eigenvalue weighted by atomic mass is 10.4. The SMILES string of the molecule is ClP1C(=P(c2ccccc2)(c2ccccc2)c2ccccc2)P(Cl)C(=P(c2ccccc2)(c2ccccc2)c2ccccc2)P(Cl)C(=P(c2ccccc2)(c2ccccc2)c2ccccc2)P(Cl)C1=P(c1ccccc1)(c1ccccc1)c1ccccc1. The average molecular weight is 1360 g/mol. The maximum atomic E-state index is 9.81. The fourth-order valence-corrected chi connectivity index (χ4v) is 70.0. The molecule has 0 aliphatic carbocycles. The molecule has 0 spiro atoms. The molecule has 12 heteroatoms. The van der Waals surface area contributed by atoms with Gasteiger partial charge < -0.3 is 0 Å². The molecule has 0 bridgehead atoms. The summed E-state index contributed by atoms with van der Waals surface area (Å²) < 4.78 is 4.49. The van der Waals surface area contributed by atoms with Crippen LogP contribution in [0.3, 0.4) is 0 Å². The van der Waals surface area contributed by atoms with Gasteiger partial charge in [0.25, 0.3) is 0 Å². The highest BCUT2D eigenvalue weighted by atomic mass is 35.7. The molecule has 12 aromatic carbocycles. The monoisotopic (exact) mass is 1360 g/mol. The quantitative estimate of drug-likeness (QED) is 0.107. The van der Waals surface area contributed by atoms with E-state index in [-0.39, 0.29) is 0 Å². The summed E-state index contributed by atoms with van der Waals surface area (Å²) in [5.74, 6) is 0. The van der Waals surface area contributed by atoms with E-state index in [1.165, 1.54) is 0 Å². The van der Waals surface area contributed by atoms with Gasteiger partial charge in [0.1, 0.15) is 0 Å². The molecule has 1 saturated heterocycles. The molecule has 1 aliphatic heterocycles. The van der Waals surface area contributed by atoms with Crippen LogP contribution < -0.4 is 63.7 Å². The van der Waals surface area contributed by atoms with Crippen LogP contribution in [0.2, 0.25) is 0 Å². The van der Waals surface area contributed by atoms with Crippen LogP contribution in [-0.4, -0.2) is 19.1 Å². The Morgan fingerprint density at radius 2 is 0.216 bits per heavy atom. The van der Waals surface area contributed by atoms with Gasteiger partial charge in [-0.3, -0.25) is 0 Å². The fraction of sp³-hybridized carbons (Fsp3) is 0. The summed E-state index contributed by atoms with van der Waals surface area (Å²) in [6, 6.07) is 134. The molecule has 1 aliphatic rings. The molecular formula is C76H60Cl4P8. The minimum atomic E-state index is -3.23. The topological polar surface area (TPSA) is 0 Å². The largest absolute Gasteiger partial charge is 0.0855 e. The van der Waals surface area contributed by atoms with E-state index in [0.717, 1.165) is 82.8 Å². The molecule has 0 N–H and O–H groups in total. The van der Waals surface area contributed by atoms with Gasteiger partial charge >= 0.3 is 0 Å². The van der Waals surface area contributed by atoms with E-state index in [1.54, 1.807) is 0 Å². The van der Waals surface area contributed by atoms with E-state index in [2.05, 4.69) is 364 Å². The smallest absolute Gasteiger partial charge is 0.0585 e. The Balaban J connectivity index is 1.46. The highest BCUT2D eigenvalue weighted by Crippen LogP contribution is 2.88. The average Bonchev–Trinajstić information content (AvgIpc) is 0.708. The van der Waals surface area contributed by atoms with Crippen molar-refractivity contribution in [2.24, 2.45) is 0 Å². The van der Waals surface area contributed by atoms with E-state index in [0.29, 0.717) is 0 Å². The van der Waals surface area contributed by atoms with Crippen LogP contribution in [0.25, 0.3) is 0 Å². The molecule has 432 valence electrons. The van der Waals surface area contributed by atoms with E-state index >= 15 is 0 Å². The van der Waals surface area contributed by atoms with Crippen molar-refractivity contribution in [1.82, 2.24) is 0 Å². The Hall–Kier alpha value is -5.28. The third-order valence-corrected chi connectivity index (χ3v) is 60.9. The van der Waals surface area contributed by atoms with Crippen molar-refractivity contribution in [3.8, 4) is 0 Å². The molecule has 13 rings (SSSR count). The van der Waals surface area contributed by atoms with Crippen molar-refractivity contribution < 1.29 is 0 Å². The third-order valence-electron chi connectivity index (χ3n) is 16.3. The van der Waals surface area contributed by atoms with Gasteiger partial charge in [-0.15, -0.1) is 0 Å². The highest BCUT2D eigenvalue weighted by molar-refractivity contribution is 8.61. The molecule has 0 atom stereocenters. The second-order valence-corrected chi connectivity index (χ2v) is 48.5. The van der Waals surface area contributed by atoms with E-state index in [9.17, 15) is 45.0 Å². The van der Waals surface area contributed by atoms with Crippen LogP contribution in [0, 0.1) is 0 Å². The number of halogens is 4. The second kappa shape index (κ2) is 27.7. The van der Waals surface area contributed by atoms with Crippen molar-refractivity contribution in [3.63, 3.8) is 0 Å². The summed E-state index contributed by atoms with van der Waals surface area (Å²) in [7, 11) is -8.38. The Kier molecular flexibility index (Phi) is 19.4. The molecular weight excluding hydrogens is 1300 g/mol. The Morgan fingerprint density at radius 3 is 0.295 bits per heavy atom. The number of rotatable bonds is 12. The number of hydrogen-bond acceptors (Lipinski definition) is 0. The standard InChI is InChI=1S/C76H60Cl4P8/c77-81-73(85(61-37-13-1-14-38-61,62-39-15-2-16-40-62)63-41-17-3-18-42-63)82(78)75(87(67-49-25-7-26-50-67,68-51-27-8-28-52-68)69-53-29-9-30-54-69)84(80)76(88(70-55-31-10-32-56-70,71-57-33-11-34-58-71)72-59-35-12-36-60-72)83(79)74(81)86(64-43-19-4-20-44-64,65-45-21-5-22-46-65)66-47-23-6-24-48-66/h1-60H. The van der Waals surface area contributed by atoms with Gasteiger partial charge in [-0.25, -0.2) is 0 Å². The summed E-state index contributed by atoms with van der Waals surface area (Å²) in [5, 5.41) is 14.0. The van der Waals surface area contributed by atoms with Crippen molar-refractivity contribution >= 4 is 184 Å². The normalized spacial score (nSPS) is 16.8. The van der Waals surface area contributed by atoms with E-state index in [1.807, 2.05) is 0 Å². The first kappa shape index (κ1) is 61.6. The van der Waals surface area contributed by atoms with Gasteiger partial charge in [0, 0.05) is 19.1 Å². The first-order valence-corrected chi connectivity index (χ1v) is 45.1. The van der Waals surface area contributed by atoms with Crippen molar-refractivity contribution in [3.05, 3.63) is 364 Å². The van der Waals surface area contributed by atoms with Crippen LogP contribution in [0.15, 0.2) is 364 Å². The van der Waals surface area contributed by atoms with Crippen LogP contribution in [-0.2, 0) is 0 Å². The van der Waals surface area contributed by atoms with Gasteiger partial charge in [-0.2, -0.15) is 0 Å². The molecule has 0 amide bonds. The first-order chi connectivity index (χ1) is 43.4. The Morgan fingerprint density at radius 1 is 0.136 bits per heavy atom. The van der Waals surface area contributed by atoms with Crippen molar-refractivity contribution in [1.29, 1.82) is 0 Å². The first-order valence-electron chi connectivity index (χ1n) is 29.0.